The number of rotatable bonds is 5. The number of halogens is 1. The number of ether oxygens (including phenoxy) is 1. The monoisotopic (exact) mass is 374 g/mol. The summed E-state index contributed by atoms with van der Waals surface area (Å²) in [5.41, 5.74) is 0.981. The number of carbonyl (C=O) groups excluding carboxylic acids is 1. The second kappa shape index (κ2) is 8.36. The second-order valence-electron chi connectivity index (χ2n) is 6.22. The van der Waals surface area contributed by atoms with Gasteiger partial charge in [0, 0.05) is 37.3 Å². The zero-order valence-corrected chi connectivity index (χ0v) is 15.9. The standard InChI is InChI=1S/C19H23ClN4O2/c1-3-26-18-13-17(21-14(2)22-18)23-8-10-24(11-9-23)19(25)12-15-4-6-16(20)7-5-15/h4-7,13H,3,8-12H2,1-2H3. The quantitative estimate of drug-likeness (QED) is 0.805. The SMILES string of the molecule is CCOc1cc(N2CCN(C(=O)Cc3ccc(Cl)cc3)CC2)nc(C)n1. The van der Waals surface area contributed by atoms with E-state index in [1.54, 1.807) is 0 Å². The number of aryl methyl sites for hydroxylation is 1. The molecular formula is C19H23ClN4O2. The van der Waals surface area contributed by atoms with E-state index in [1.807, 2.05) is 49.1 Å². The molecule has 138 valence electrons. The van der Waals surface area contributed by atoms with Crippen molar-refractivity contribution in [2.24, 2.45) is 0 Å². The summed E-state index contributed by atoms with van der Waals surface area (Å²) >= 11 is 5.89. The number of hydrogen-bond donors (Lipinski definition) is 0. The molecule has 6 nitrogen and oxygen atoms in total. The van der Waals surface area contributed by atoms with Crippen LogP contribution in [-0.4, -0.2) is 53.6 Å². The fourth-order valence-electron chi connectivity index (χ4n) is 2.98. The van der Waals surface area contributed by atoms with Crippen LogP contribution >= 0.6 is 11.6 Å². The van der Waals surface area contributed by atoms with Crippen LogP contribution in [0.4, 0.5) is 5.82 Å². The smallest absolute Gasteiger partial charge is 0.227 e. The lowest BCUT2D eigenvalue weighted by Gasteiger charge is -2.35. The molecule has 1 saturated heterocycles. The zero-order chi connectivity index (χ0) is 18.5. The van der Waals surface area contributed by atoms with Crippen molar-refractivity contribution in [2.75, 3.05) is 37.7 Å². The van der Waals surface area contributed by atoms with Gasteiger partial charge in [-0.2, -0.15) is 4.98 Å². The van der Waals surface area contributed by atoms with Gasteiger partial charge in [-0.25, -0.2) is 4.98 Å². The molecule has 26 heavy (non-hydrogen) atoms. The molecule has 0 spiro atoms. The van der Waals surface area contributed by atoms with Crippen molar-refractivity contribution < 1.29 is 9.53 Å². The summed E-state index contributed by atoms with van der Waals surface area (Å²) in [5.74, 6) is 2.27. The van der Waals surface area contributed by atoms with Crippen molar-refractivity contribution in [3.8, 4) is 5.88 Å². The predicted octanol–water partition coefficient (Wildman–Crippen LogP) is 2.73. The topological polar surface area (TPSA) is 58.6 Å². The number of amides is 1. The Bertz CT molecular complexity index is 759. The van der Waals surface area contributed by atoms with E-state index in [9.17, 15) is 4.79 Å². The van der Waals surface area contributed by atoms with Gasteiger partial charge < -0.3 is 14.5 Å². The molecule has 2 heterocycles. The number of anilines is 1. The fraction of sp³-hybridized carbons (Fsp3) is 0.421. The normalized spacial score (nSPS) is 14.4. The lowest BCUT2D eigenvalue weighted by molar-refractivity contribution is -0.130. The average Bonchev–Trinajstić information content (AvgIpc) is 2.63. The van der Waals surface area contributed by atoms with Crippen LogP contribution in [0.3, 0.4) is 0 Å². The maximum atomic E-state index is 12.5. The van der Waals surface area contributed by atoms with Crippen molar-refractivity contribution >= 4 is 23.3 Å². The summed E-state index contributed by atoms with van der Waals surface area (Å²) in [4.78, 5) is 25.4. The van der Waals surface area contributed by atoms with Gasteiger partial charge in [-0.05, 0) is 31.5 Å². The van der Waals surface area contributed by atoms with Crippen molar-refractivity contribution in [2.45, 2.75) is 20.3 Å². The van der Waals surface area contributed by atoms with E-state index in [0.717, 1.165) is 24.5 Å². The highest BCUT2D eigenvalue weighted by Crippen LogP contribution is 2.19. The molecule has 0 saturated carbocycles. The highest BCUT2D eigenvalue weighted by atomic mass is 35.5. The maximum Gasteiger partial charge on any atom is 0.227 e. The van der Waals surface area contributed by atoms with Gasteiger partial charge in [-0.15, -0.1) is 0 Å². The Labute approximate surface area is 158 Å². The van der Waals surface area contributed by atoms with Crippen molar-refractivity contribution in [1.29, 1.82) is 0 Å². The van der Waals surface area contributed by atoms with E-state index in [1.165, 1.54) is 0 Å². The van der Waals surface area contributed by atoms with Crippen LogP contribution in [-0.2, 0) is 11.2 Å². The summed E-state index contributed by atoms with van der Waals surface area (Å²) < 4.78 is 5.50. The first kappa shape index (κ1) is 18.5. The lowest BCUT2D eigenvalue weighted by Crippen LogP contribution is -2.49. The van der Waals surface area contributed by atoms with Crippen LogP contribution in [0.5, 0.6) is 5.88 Å². The molecule has 0 atom stereocenters. The first-order valence-electron chi connectivity index (χ1n) is 8.81. The van der Waals surface area contributed by atoms with E-state index >= 15 is 0 Å². The Kier molecular flexibility index (Phi) is 5.93. The van der Waals surface area contributed by atoms with Gasteiger partial charge >= 0.3 is 0 Å². The number of carbonyl (C=O) groups is 1. The van der Waals surface area contributed by atoms with Gasteiger partial charge in [0.2, 0.25) is 11.8 Å². The fourth-order valence-corrected chi connectivity index (χ4v) is 3.11. The van der Waals surface area contributed by atoms with Gasteiger partial charge in [-0.1, -0.05) is 23.7 Å². The first-order valence-corrected chi connectivity index (χ1v) is 9.18. The molecule has 1 aliphatic heterocycles. The van der Waals surface area contributed by atoms with Crippen LogP contribution in [0.25, 0.3) is 0 Å². The molecule has 2 aromatic rings. The highest BCUT2D eigenvalue weighted by Gasteiger charge is 2.22. The zero-order valence-electron chi connectivity index (χ0n) is 15.1. The molecule has 0 aliphatic carbocycles. The number of nitrogens with zero attached hydrogens (tertiary/aromatic N) is 4. The minimum absolute atomic E-state index is 0.140. The molecule has 0 N–H and O–H groups in total. The minimum Gasteiger partial charge on any atom is -0.478 e. The van der Waals surface area contributed by atoms with Crippen LogP contribution in [0.2, 0.25) is 5.02 Å². The molecule has 1 fully saturated rings. The minimum atomic E-state index is 0.140. The Hall–Kier alpha value is -2.34. The summed E-state index contributed by atoms with van der Waals surface area (Å²) in [5, 5.41) is 0.682. The van der Waals surface area contributed by atoms with Crippen LogP contribution in [0, 0.1) is 6.92 Å². The van der Waals surface area contributed by atoms with Gasteiger partial charge in [0.05, 0.1) is 13.0 Å². The highest BCUT2D eigenvalue weighted by molar-refractivity contribution is 6.30. The summed E-state index contributed by atoms with van der Waals surface area (Å²) in [6.45, 7) is 7.21. The number of piperazine rings is 1. The second-order valence-corrected chi connectivity index (χ2v) is 6.65. The molecule has 0 radical (unpaired) electrons. The third-order valence-electron chi connectivity index (χ3n) is 4.32. The summed E-state index contributed by atoms with van der Waals surface area (Å²) in [6.07, 6.45) is 0.401. The van der Waals surface area contributed by atoms with Crippen molar-refractivity contribution in [3.05, 3.63) is 46.7 Å². The molecule has 1 amide bonds. The van der Waals surface area contributed by atoms with E-state index in [2.05, 4.69) is 14.9 Å². The maximum absolute atomic E-state index is 12.5. The van der Waals surface area contributed by atoms with Gasteiger partial charge in [0.1, 0.15) is 11.6 Å². The number of aromatic nitrogens is 2. The third-order valence-corrected chi connectivity index (χ3v) is 4.57. The van der Waals surface area contributed by atoms with E-state index in [4.69, 9.17) is 16.3 Å². The predicted molar refractivity (Wildman–Crippen MR) is 102 cm³/mol. The van der Waals surface area contributed by atoms with Crippen LogP contribution in [0.1, 0.15) is 18.3 Å². The van der Waals surface area contributed by atoms with E-state index in [-0.39, 0.29) is 5.91 Å². The van der Waals surface area contributed by atoms with Crippen molar-refractivity contribution in [1.82, 2.24) is 14.9 Å². The third kappa shape index (κ3) is 4.64. The number of hydrogen-bond acceptors (Lipinski definition) is 5. The molecule has 1 aliphatic rings. The molecule has 1 aromatic carbocycles. The van der Waals surface area contributed by atoms with E-state index in [0.29, 0.717) is 42.8 Å². The Morgan fingerprint density at radius 3 is 2.50 bits per heavy atom. The first-order chi connectivity index (χ1) is 12.5. The Balaban J connectivity index is 1.58. The van der Waals surface area contributed by atoms with Gasteiger partial charge in [0.15, 0.2) is 0 Å². The molecule has 0 unspecified atom stereocenters. The van der Waals surface area contributed by atoms with Crippen LogP contribution < -0.4 is 9.64 Å². The molecular weight excluding hydrogens is 352 g/mol. The number of benzene rings is 1. The van der Waals surface area contributed by atoms with E-state index < -0.39 is 0 Å². The Morgan fingerprint density at radius 1 is 1.15 bits per heavy atom. The molecule has 7 heteroatoms. The summed E-state index contributed by atoms with van der Waals surface area (Å²) in [7, 11) is 0. The molecule has 3 rings (SSSR count). The largest absolute Gasteiger partial charge is 0.478 e. The van der Waals surface area contributed by atoms with Gasteiger partial charge in [-0.3, -0.25) is 4.79 Å². The molecule has 1 aromatic heterocycles. The Morgan fingerprint density at radius 2 is 1.85 bits per heavy atom. The average molecular weight is 375 g/mol. The van der Waals surface area contributed by atoms with Crippen molar-refractivity contribution in [3.63, 3.8) is 0 Å². The van der Waals surface area contributed by atoms with Crippen LogP contribution in [0.15, 0.2) is 30.3 Å². The lowest BCUT2D eigenvalue weighted by atomic mass is 10.1. The van der Waals surface area contributed by atoms with Gasteiger partial charge in [0.25, 0.3) is 0 Å². The molecule has 0 bridgehead atoms. The summed E-state index contributed by atoms with van der Waals surface area (Å²) in [6, 6.07) is 9.29.